The van der Waals surface area contributed by atoms with Crippen molar-refractivity contribution in [3.63, 3.8) is 0 Å². The van der Waals surface area contributed by atoms with Gasteiger partial charge in [-0.1, -0.05) is 6.07 Å². The summed E-state index contributed by atoms with van der Waals surface area (Å²) in [5.74, 6) is -0.268. The molecule has 1 amide bonds. The Balaban J connectivity index is 2.05. The van der Waals surface area contributed by atoms with Gasteiger partial charge in [0.25, 0.3) is 5.91 Å². The van der Waals surface area contributed by atoms with Gasteiger partial charge < -0.3 is 10.3 Å². The number of hydrogen-bond acceptors (Lipinski definition) is 2. The lowest BCUT2D eigenvalue weighted by atomic mass is 10.2. The largest absolute Gasteiger partial charge is 0.347 e. The molecule has 0 saturated heterocycles. The maximum atomic E-state index is 11.8. The van der Waals surface area contributed by atoms with Crippen LogP contribution in [0.2, 0.25) is 0 Å². The van der Waals surface area contributed by atoms with Crippen LogP contribution in [-0.2, 0) is 0 Å². The van der Waals surface area contributed by atoms with Gasteiger partial charge in [-0.2, -0.15) is 0 Å². The van der Waals surface area contributed by atoms with Gasteiger partial charge in [0.2, 0.25) is 5.56 Å². The lowest BCUT2D eigenvalue weighted by Crippen LogP contribution is -2.38. The SMILES string of the molecule is O=C(NC1CCCC1Cl)c1cccc(=O)[nH]1. The van der Waals surface area contributed by atoms with Crippen molar-refractivity contribution < 1.29 is 4.79 Å². The summed E-state index contributed by atoms with van der Waals surface area (Å²) in [6, 6.07) is 4.52. The molecule has 1 heterocycles. The van der Waals surface area contributed by atoms with Crippen molar-refractivity contribution in [2.75, 3.05) is 0 Å². The average molecular weight is 241 g/mol. The number of amides is 1. The second-order valence-corrected chi connectivity index (χ2v) is 4.52. The number of alkyl halides is 1. The minimum Gasteiger partial charge on any atom is -0.347 e. The molecular formula is C11H13ClN2O2. The van der Waals surface area contributed by atoms with E-state index in [1.807, 2.05) is 0 Å². The van der Waals surface area contributed by atoms with Crippen molar-refractivity contribution >= 4 is 17.5 Å². The van der Waals surface area contributed by atoms with E-state index in [0.717, 1.165) is 19.3 Å². The summed E-state index contributed by atoms with van der Waals surface area (Å²) < 4.78 is 0. The van der Waals surface area contributed by atoms with E-state index in [-0.39, 0.29) is 28.6 Å². The third-order valence-corrected chi connectivity index (χ3v) is 3.28. The van der Waals surface area contributed by atoms with E-state index in [4.69, 9.17) is 11.6 Å². The molecule has 0 radical (unpaired) electrons. The van der Waals surface area contributed by atoms with E-state index in [2.05, 4.69) is 10.3 Å². The molecule has 2 N–H and O–H groups in total. The zero-order chi connectivity index (χ0) is 11.5. The Bertz CT molecular complexity index is 444. The topological polar surface area (TPSA) is 62.0 Å². The third-order valence-electron chi connectivity index (χ3n) is 2.76. The molecule has 2 unspecified atom stereocenters. The Morgan fingerprint density at radius 1 is 1.44 bits per heavy atom. The van der Waals surface area contributed by atoms with Crippen molar-refractivity contribution in [3.05, 3.63) is 34.2 Å². The highest BCUT2D eigenvalue weighted by Crippen LogP contribution is 2.24. The quantitative estimate of drug-likeness (QED) is 0.765. The maximum Gasteiger partial charge on any atom is 0.268 e. The van der Waals surface area contributed by atoms with Crippen LogP contribution in [-0.4, -0.2) is 22.3 Å². The fourth-order valence-electron chi connectivity index (χ4n) is 1.90. The summed E-state index contributed by atoms with van der Waals surface area (Å²) in [5, 5.41) is 2.83. The van der Waals surface area contributed by atoms with Crippen molar-refractivity contribution in [3.8, 4) is 0 Å². The molecule has 1 saturated carbocycles. The Morgan fingerprint density at radius 2 is 2.25 bits per heavy atom. The van der Waals surface area contributed by atoms with Crippen molar-refractivity contribution in [2.45, 2.75) is 30.7 Å². The Hall–Kier alpha value is -1.29. The van der Waals surface area contributed by atoms with Gasteiger partial charge in [-0.3, -0.25) is 9.59 Å². The highest BCUT2D eigenvalue weighted by Gasteiger charge is 2.26. The van der Waals surface area contributed by atoms with Crippen LogP contribution in [0.1, 0.15) is 29.8 Å². The fourth-order valence-corrected chi connectivity index (χ4v) is 2.25. The number of halogens is 1. The molecule has 5 heteroatoms. The number of carbonyl (C=O) groups is 1. The summed E-state index contributed by atoms with van der Waals surface area (Å²) in [7, 11) is 0. The monoisotopic (exact) mass is 240 g/mol. The van der Waals surface area contributed by atoms with Gasteiger partial charge in [-0.05, 0) is 25.3 Å². The van der Waals surface area contributed by atoms with Crippen LogP contribution >= 0.6 is 11.6 Å². The van der Waals surface area contributed by atoms with Gasteiger partial charge in [0.15, 0.2) is 0 Å². The second-order valence-electron chi connectivity index (χ2n) is 3.96. The van der Waals surface area contributed by atoms with Crippen LogP contribution in [0.4, 0.5) is 0 Å². The van der Waals surface area contributed by atoms with Crippen LogP contribution in [0.25, 0.3) is 0 Å². The predicted molar refractivity (Wildman–Crippen MR) is 61.8 cm³/mol. The number of nitrogens with one attached hydrogen (secondary N) is 2. The maximum absolute atomic E-state index is 11.8. The van der Waals surface area contributed by atoms with E-state index in [1.54, 1.807) is 12.1 Å². The average Bonchev–Trinajstić information content (AvgIpc) is 2.64. The predicted octanol–water partition coefficient (Wildman–Crippen LogP) is 1.26. The lowest BCUT2D eigenvalue weighted by molar-refractivity contribution is 0.0933. The molecule has 1 aliphatic carbocycles. The third kappa shape index (κ3) is 2.44. The van der Waals surface area contributed by atoms with Crippen LogP contribution in [0.3, 0.4) is 0 Å². The first-order valence-electron chi connectivity index (χ1n) is 5.31. The van der Waals surface area contributed by atoms with Gasteiger partial charge in [-0.15, -0.1) is 11.6 Å². The highest BCUT2D eigenvalue weighted by atomic mass is 35.5. The molecule has 2 atom stereocenters. The Morgan fingerprint density at radius 3 is 2.88 bits per heavy atom. The summed E-state index contributed by atoms with van der Waals surface area (Å²) in [6.45, 7) is 0. The number of carbonyl (C=O) groups excluding carboxylic acids is 1. The molecule has 86 valence electrons. The van der Waals surface area contributed by atoms with Crippen molar-refractivity contribution in [2.24, 2.45) is 0 Å². The summed E-state index contributed by atoms with van der Waals surface area (Å²) in [4.78, 5) is 25.3. The second kappa shape index (κ2) is 4.70. The van der Waals surface area contributed by atoms with Gasteiger partial charge in [0, 0.05) is 12.1 Å². The number of hydrogen-bond donors (Lipinski definition) is 2. The molecule has 1 aromatic rings. The number of H-pyrrole nitrogens is 1. The highest BCUT2D eigenvalue weighted by molar-refractivity contribution is 6.21. The first-order chi connectivity index (χ1) is 7.66. The molecular weight excluding hydrogens is 228 g/mol. The summed E-state index contributed by atoms with van der Waals surface area (Å²) in [6.07, 6.45) is 2.86. The number of rotatable bonds is 2. The standard InChI is InChI=1S/C11H13ClN2O2/c12-7-3-1-4-8(7)14-11(16)9-5-2-6-10(15)13-9/h2,5-8H,1,3-4H2,(H,13,15)(H,14,16). The Kier molecular flexibility index (Phi) is 3.29. The number of pyridine rings is 1. The molecule has 1 fully saturated rings. The van der Waals surface area contributed by atoms with Crippen molar-refractivity contribution in [1.82, 2.24) is 10.3 Å². The van der Waals surface area contributed by atoms with Gasteiger partial charge in [0.05, 0.1) is 5.38 Å². The molecule has 1 aliphatic rings. The van der Waals surface area contributed by atoms with Crippen LogP contribution in [0.15, 0.2) is 23.0 Å². The Labute approximate surface area is 98.0 Å². The van der Waals surface area contributed by atoms with E-state index < -0.39 is 0 Å². The summed E-state index contributed by atoms with van der Waals surface area (Å²) >= 11 is 6.05. The molecule has 0 bridgehead atoms. The zero-order valence-corrected chi connectivity index (χ0v) is 9.46. The van der Waals surface area contributed by atoms with Gasteiger partial charge >= 0.3 is 0 Å². The molecule has 4 nitrogen and oxygen atoms in total. The van der Waals surface area contributed by atoms with Crippen LogP contribution in [0, 0.1) is 0 Å². The molecule has 0 aliphatic heterocycles. The normalized spacial score (nSPS) is 24.3. The number of aromatic nitrogens is 1. The van der Waals surface area contributed by atoms with Gasteiger partial charge in [-0.25, -0.2) is 0 Å². The van der Waals surface area contributed by atoms with Crippen LogP contribution in [0.5, 0.6) is 0 Å². The van der Waals surface area contributed by atoms with E-state index in [1.165, 1.54) is 6.07 Å². The summed E-state index contributed by atoms with van der Waals surface area (Å²) in [5.41, 5.74) is 0.00441. The fraction of sp³-hybridized carbons (Fsp3) is 0.455. The molecule has 16 heavy (non-hydrogen) atoms. The molecule has 0 spiro atoms. The van der Waals surface area contributed by atoms with Gasteiger partial charge in [0.1, 0.15) is 5.69 Å². The first-order valence-corrected chi connectivity index (χ1v) is 5.75. The number of aromatic amines is 1. The first kappa shape index (κ1) is 11.2. The van der Waals surface area contributed by atoms with Crippen LogP contribution < -0.4 is 10.9 Å². The van der Waals surface area contributed by atoms with E-state index in [0.29, 0.717) is 0 Å². The minimum atomic E-state index is -0.276. The lowest BCUT2D eigenvalue weighted by Gasteiger charge is -2.15. The molecule has 1 aromatic heterocycles. The molecule has 2 rings (SSSR count). The smallest absolute Gasteiger partial charge is 0.268 e. The zero-order valence-electron chi connectivity index (χ0n) is 8.70. The molecule has 0 aromatic carbocycles. The minimum absolute atomic E-state index is 0.000570. The van der Waals surface area contributed by atoms with Crippen molar-refractivity contribution in [1.29, 1.82) is 0 Å². The van der Waals surface area contributed by atoms with E-state index in [9.17, 15) is 9.59 Å². The van der Waals surface area contributed by atoms with E-state index >= 15 is 0 Å².